The fourth-order valence-corrected chi connectivity index (χ4v) is 7.13. The number of rotatable bonds is 2. The Morgan fingerprint density at radius 3 is 2.43 bits per heavy atom. The summed E-state index contributed by atoms with van der Waals surface area (Å²) in [5.74, 6) is 0.920. The first kappa shape index (κ1) is 20.3. The molecule has 5 nitrogen and oxygen atoms in total. The predicted octanol–water partition coefficient (Wildman–Crippen LogP) is 3.53. The maximum atomic E-state index is 13.6. The average molecular weight is 430 g/mol. The lowest BCUT2D eigenvalue weighted by Gasteiger charge is -2.45. The van der Waals surface area contributed by atoms with Crippen LogP contribution in [0.1, 0.15) is 48.9 Å². The second-order valence-corrected chi connectivity index (χ2v) is 10.5. The number of carbonyl (C=O) groups is 2. The first-order chi connectivity index (χ1) is 14.4. The second-order valence-electron chi connectivity index (χ2n) is 10.1. The zero-order valence-electron chi connectivity index (χ0n) is 17.9. The Kier molecular flexibility index (Phi) is 5.10. The van der Waals surface area contributed by atoms with E-state index in [4.69, 9.17) is 11.6 Å². The van der Waals surface area contributed by atoms with Crippen LogP contribution in [0.4, 0.5) is 0 Å². The number of hydrogen-bond donors (Lipinski definition) is 0. The standard InChI is InChI=1S/C24H32ClN3O2/c1-26-16-20-23(7-8-24(20,17-26)22(30)28-11-2-3-12-28)9-13-27(14-10-23)21(29)18-5-4-6-19(25)15-18/h4-6,15,20H,2-3,7-14,16-17H2,1H3/t20-,24+/m0/s1. The molecule has 2 atom stereocenters. The summed E-state index contributed by atoms with van der Waals surface area (Å²) in [6, 6.07) is 7.25. The first-order valence-electron chi connectivity index (χ1n) is 11.5. The molecule has 0 bridgehead atoms. The third kappa shape index (κ3) is 3.16. The Hall–Kier alpha value is -1.59. The third-order valence-corrected chi connectivity index (χ3v) is 8.69. The quantitative estimate of drug-likeness (QED) is 0.722. The normalized spacial score (nSPS) is 30.8. The molecule has 1 aromatic rings. The molecule has 0 N–H and O–H groups in total. The lowest BCUT2D eigenvalue weighted by Crippen LogP contribution is -2.50. The van der Waals surface area contributed by atoms with Gasteiger partial charge in [0.15, 0.2) is 0 Å². The number of hydrogen-bond acceptors (Lipinski definition) is 3. The Labute approximate surface area is 184 Å². The van der Waals surface area contributed by atoms with Gasteiger partial charge in [-0.15, -0.1) is 0 Å². The Morgan fingerprint density at radius 1 is 1.00 bits per heavy atom. The van der Waals surface area contributed by atoms with Crippen molar-refractivity contribution >= 4 is 23.4 Å². The monoisotopic (exact) mass is 429 g/mol. The van der Waals surface area contributed by atoms with Crippen LogP contribution in [0.5, 0.6) is 0 Å². The van der Waals surface area contributed by atoms with E-state index >= 15 is 0 Å². The van der Waals surface area contributed by atoms with E-state index in [-0.39, 0.29) is 16.7 Å². The van der Waals surface area contributed by atoms with Crippen LogP contribution in [0.25, 0.3) is 0 Å². The van der Waals surface area contributed by atoms with Gasteiger partial charge in [-0.2, -0.15) is 0 Å². The van der Waals surface area contributed by atoms with Crippen LogP contribution in [0.3, 0.4) is 0 Å². The van der Waals surface area contributed by atoms with Gasteiger partial charge in [-0.1, -0.05) is 17.7 Å². The van der Waals surface area contributed by atoms with Crippen molar-refractivity contribution in [2.24, 2.45) is 16.7 Å². The van der Waals surface area contributed by atoms with Gasteiger partial charge in [0, 0.05) is 49.9 Å². The number of carbonyl (C=O) groups excluding carboxylic acids is 2. The van der Waals surface area contributed by atoms with Gasteiger partial charge >= 0.3 is 0 Å². The van der Waals surface area contributed by atoms with Gasteiger partial charge in [-0.25, -0.2) is 0 Å². The number of likely N-dealkylation sites (tertiary alicyclic amines) is 3. The van der Waals surface area contributed by atoms with E-state index < -0.39 is 0 Å². The molecular weight excluding hydrogens is 398 g/mol. The minimum atomic E-state index is -0.196. The molecular formula is C24H32ClN3O2. The van der Waals surface area contributed by atoms with Crippen LogP contribution in [0.15, 0.2) is 24.3 Å². The van der Waals surface area contributed by atoms with Gasteiger partial charge in [-0.05, 0) is 75.1 Å². The highest BCUT2D eigenvalue weighted by Crippen LogP contribution is 2.62. The molecule has 30 heavy (non-hydrogen) atoms. The van der Waals surface area contributed by atoms with E-state index in [9.17, 15) is 9.59 Å². The summed E-state index contributed by atoms with van der Waals surface area (Å²) in [7, 11) is 2.17. The summed E-state index contributed by atoms with van der Waals surface area (Å²) in [6.07, 6.45) is 6.45. The predicted molar refractivity (Wildman–Crippen MR) is 117 cm³/mol. The van der Waals surface area contributed by atoms with E-state index in [1.165, 1.54) is 0 Å². The van der Waals surface area contributed by atoms with Crippen molar-refractivity contribution in [3.63, 3.8) is 0 Å². The van der Waals surface area contributed by atoms with Crippen molar-refractivity contribution in [3.8, 4) is 0 Å². The SMILES string of the molecule is CN1C[C@H]2C3(CCN(C(=O)c4cccc(Cl)c4)CC3)CC[C@@]2(C(=O)N2CCCC2)C1. The summed E-state index contributed by atoms with van der Waals surface area (Å²) in [6.45, 7) is 5.35. The van der Waals surface area contributed by atoms with Crippen LogP contribution in [-0.4, -0.2) is 72.8 Å². The molecule has 3 heterocycles. The number of piperidine rings is 1. The number of fused-ring (bicyclic) bond motifs is 2. The zero-order valence-corrected chi connectivity index (χ0v) is 18.7. The van der Waals surface area contributed by atoms with Gasteiger partial charge in [0.05, 0.1) is 5.41 Å². The number of nitrogens with zero attached hydrogens (tertiary/aromatic N) is 3. The molecule has 2 amide bonds. The van der Waals surface area contributed by atoms with E-state index in [1.54, 1.807) is 12.1 Å². The van der Waals surface area contributed by atoms with E-state index in [0.29, 0.717) is 22.4 Å². The smallest absolute Gasteiger partial charge is 0.253 e. The summed E-state index contributed by atoms with van der Waals surface area (Å²) in [5.41, 5.74) is 0.674. The highest BCUT2D eigenvalue weighted by Gasteiger charge is 2.64. The fourth-order valence-electron chi connectivity index (χ4n) is 6.94. The maximum Gasteiger partial charge on any atom is 0.253 e. The van der Waals surface area contributed by atoms with Crippen LogP contribution in [-0.2, 0) is 4.79 Å². The number of halogens is 1. The molecule has 162 valence electrons. The molecule has 1 aromatic carbocycles. The summed E-state index contributed by atoms with van der Waals surface area (Å²) >= 11 is 6.09. The average Bonchev–Trinajstić information content (AvgIpc) is 3.45. The maximum absolute atomic E-state index is 13.6. The summed E-state index contributed by atoms with van der Waals surface area (Å²) in [4.78, 5) is 33.1. The molecule has 3 aliphatic heterocycles. The number of amides is 2. The van der Waals surface area contributed by atoms with Gasteiger partial charge in [0.25, 0.3) is 5.91 Å². The lowest BCUT2D eigenvalue weighted by molar-refractivity contribution is -0.142. The molecule has 1 saturated carbocycles. The van der Waals surface area contributed by atoms with Crippen LogP contribution in [0, 0.1) is 16.7 Å². The lowest BCUT2D eigenvalue weighted by atomic mass is 9.65. The molecule has 4 aliphatic rings. The molecule has 0 radical (unpaired) electrons. The summed E-state index contributed by atoms with van der Waals surface area (Å²) in [5, 5.41) is 0.601. The summed E-state index contributed by atoms with van der Waals surface area (Å²) < 4.78 is 0. The number of benzene rings is 1. The molecule has 1 aliphatic carbocycles. The molecule has 1 spiro atoms. The topological polar surface area (TPSA) is 43.9 Å². The highest BCUT2D eigenvalue weighted by molar-refractivity contribution is 6.30. The minimum Gasteiger partial charge on any atom is -0.342 e. The zero-order chi connectivity index (χ0) is 20.9. The molecule has 0 aromatic heterocycles. The van der Waals surface area contributed by atoms with E-state index in [2.05, 4.69) is 16.8 Å². The van der Waals surface area contributed by atoms with Crippen LogP contribution < -0.4 is 0 Å². The van der Waals surface area contributed by atoms with Crippen LogP contribution in [0.2, 0.25) is 5.02 Å². The van der Waals surface area contributed by atoms with Gasteiger partial charge < -0.3 is 14.7 Å². The van der Waals surface area contributed by atoms with Crippen molar-refractivity contribution in [2.45, 2.75) is 38.5 Å². The van der Waals surface area contributed by atoms with Crippen LogP contribution >= 0.6 is 11.6 Å². The van der Waals surface area contributed by atoms with Gasteiger partial charge in [0.1, 0.15) is 0 Å². The van der Waals surface area contributed by atoms with E-state index in [0.717, 1.165) is 77.8 Å². The second kappa shape index (κ2) is 7.52. The van der Waals surface area contributed by atoms with Gasteiger partial charge in [-0.3, -0.25) is 9.59 Å². The van der Waals surface area contributed by atoms with Gasteiger partial charge in [0.2, 0.25) is 5.91 Å². The largest absolute Gasteiger partial charge is 0.342 e. The molecule has 4 fully saturated rings. The minimum absolute atomic E-state index is 0.0771. The Balaban J connectivity index is 1.33. The molecule has 0 unspecified atom stereocenters. The fraction of sp³-hybridized carbons (Fsp3) is 0.667. The Bertz CT molecular complexity index is 845. The van der Waals surface area contributed by atoms with Crippen molar-refractivity contribution in [3.05, 3.63) is 34.9 Å². The molecule has 6 heteroatoms. The first-order valence-corrected chi connectivity index (χ1v) is 11.8. The van der Waals surface area contributed by atoms with Crippen molar-refractivity contribution in [1.82, 2.24) is 14.7 Å². The molecule has 5 rings (SSSR count). The van der Waals surface area contributed by atoms with Crippen molar-refractivity contribution in [1.29, 1.82) is 0 Å². The third-order valence-electron chi connectivity index (χ3n) is 8.46. The highest BCUT2D eigenvalue weighted by atomic mass is 35.5. The van der Waals surface area contributed by atoms with Crippen molar-refractivity contribution < 1.29 is 9.59 Å². The van der Waals surface area contributed by atoms with E-state index in [1.807, 2.05) is 17.0 Å². The molecule has 3 saturated heterocycles. The Morgan fingerprint density at radius 2 is 1.73 bits per heavy atom. The van der Waals surface area contributed by atoms with Crippen molar-refractivity contribution in [2.75, 3.05) is 46.3 Å².